The number of rotatable bonds is 7. The number of nitrogens with one attached hydrogen (secondary N) is 2. The van der Waals surface area contributed by atoms with Crippen molar-refractivity contribution in [2.75, 3.05) is 11.9 Å². The van der Waals surface area contributed by atoms with Crippen LogP contribution in [0, 0.1) is 12.7 Å². The van der Waals surface area contributed by atoms with Gasteiger partial charge in [-0.15, -0.1) is 0 Å². The van der Waals surface area contributed by atoms with Crippen LogP contribution in [0.15, 0.2) is 47.4 Å². The molecule has 0 saturated carbocycles. The third-order valence-corrected chi connectivity index (χ3v) is 5.36. The lowest BCUT2D eigenvalue weighted by molar-refractivity contribution is -0.123. The normalized spacial score (nSPS) is 12.3. The molecule has 0 aliphatic rings. The molecule has 1 unspecified atom stereocenters. The summed E-state index contributed by atoms with van der Waals surface area (Å²) in [5, 5.41) is 2.44. The first kappa shape index (κ1) is 21.5. The van der Waals surface area contributed by atoms with Crippen molar-refractivity contribution in [3.63, 3.8) is 0 Å². The van der Waals surface area contributed by atoms with E-state index < -0.39 is 33.8 Å². The maximum absolute atomic E-state index is 13.2. The highest BCUT2D eigenvalue weighted by molar-refractivity contribution is 7.89. The third kappa shape index (κ3) is 5.37. The second-order valence-electron chi connectivity index (χ2n) is 6.03. The van der Waals surface area contributed by atoms with E-state index in [0.717, 1.165) is 6.07 Å². The lowest BCUT2D eigenvalue weighted by atomic mass is 10.1. The summed E-state index contributed by atoms with van der Waals surface area (Å²) in [6.45, 7) is 4.83. The first-order valence-corrected chi connectivity index (χ1v) is 10.00. The molecule has 1 amide bonds. The van der Waals surface area contributed by atoms with Crippen molar-refractivity contribution in [1.82, 2.24) is 4.72 Å². The molecule has 0 saturated heterocycles. The number of carbonyl (C=O) groups excluding carboxylic acids is 2. The first-order chi connectivity index (χ1) is 13.1. The molecular formula is C19H21FN2O5S. The Morgan fingerprint density at radius 2 is 1.89 bits per heavy atom. The quantitative estimate of drug-likeness (QED) is 0.686. The van der Waals surface area contributed by atoms with Crippen LogP contribution in [-0.2, 0) is 19.6 Å². The molecule has 0 spiro atoms. The van der Waals surface area contributed by atoms with Crippen molar-refractivity contribution in [2.45, 2.75) is 31.8 Å². The fraction of sp³-hybridized carbons (Fsp3) is 0.263. The largest absolute Gasteiger partial charge is 0.449 e. The molecule has 28 heavy (non-hydrogen) atoms. The third-order valence-electron chi connectivity index (χ3n) is 3.82. The van der Waals surface area contributed by atoms with Crippen LogP contribution < -0.4 is 10.0 Å². The van der Waals surface area contributed by atoms with Crippen LogP contribution >= 0.6 is 0 Å². The molecule has 0 bridgehead atoms. The standard InChI is InChI=1S/C19H21FN2O5S/c1-4-21-28(25,26)16-9-8-12(2)17(11-16)19(24)27-13(3)18(23)22-15-7-5-6-14(20)10-15/h5-11,13,21H,4H2,1-3H3,(H,22,23). The van der Waals surface area contributed by atoms with Gasteiger partial charge in [0.15, 0.2) is 6.10 Å². The summed E-state index contributed by atoms with van der Waals surface area (Å²) in [6.07, 6.45) is -1.18. The maximum atomic E-state index is 13.2. The first-order valence-electron chi connectivity index (χ1n) is 8.51. The van der Waals surface area contributed by atoms with Crippen molar-refractivity contribution in [1.29, 1.82) is 0 Å². The number of aryl methyl sites for hydroxylation is 1. The highest BCUT2D eigenvalue weighted by Gasteiger charge is 2.22. The minimum atomic E-state index is -3.75. The zero-order valence-electron chi connectivity index (χ0n) is 15.7. The van der Waals surface area contributed by atoms with Crippen LogP contribution in [0.1, 0.15) is 29.8 Å². The number of carbonyl (C=O) groups is 2. The SMILES string of the molecule is CCNS(=O)(=O)c1ccc(C)c(C(=O)OC(C)C(=O)Nc2cccc(F)c2)c1. The zero-order valence-corrected chi connectivity index (χ0v) is 16.5. The number of anilines is 1. The Labute approximate surface area is 163 Å². The van der Waals surface area contributed by atoms with Gasteiger partial charge < -0.3 is 10.1 Å². The Kier molecular flexibility index (Phi) is 6.87. The van der Waals surface area contributed by atoms with Crippen molar-refractivity contribution in [3.8, 4) is 0 Å². The summed E-state index contributed by atoms with van der Waals surface area (Å²) < 4.78 is 44.9. The van der Waals surface area contributed by atoms with Crippen molar-refractivity contribution >= 4 is 27.6 Å². The lowest BCUT2D eigenvalue weighted by Gasteiger charge is -2.15. The van der Waals surface area contributed by atoms with Crippen LogP contribution in [0.2, 0.25) is 0 Å². The van der Waals surface area contributed by atoms with E-state index in [1.54, 1.807) is 13.8 Å². The molecule has 2 aromatic carbocycles. The van der Waals surface area contributed by atoms with Gasteiger partial charge in [0.25, 0.3) is 5.91 Å². The predicted octanol–water partition coefficient (Wildman–Crippen LogP) is 2.62. The van der Waals surface area contributed by atoms with Crippen molar-refractivity contribution in [3.05, 3.63) is 59.4 Å². The molecular weight excluding hydrogens is 387 g/mol. The van der Waals surface area contributed by atoms with Gasteiger partial charge in [-0.05, 0) is 49.7 Å². The van der Waals surface area contributed by atoms with Crippen molar-refractivity contribution < 1.29 is 27.1 Å². The number of amides is 1. The Hall–Kier alpha value is -2.78. The van der Waals surface area contributed by atoms with Crippen LogP contribution in [0.5, 0.6) is 0 Å². The zero-order chi connectivity index (χ0) is 20.9. The molecule has 1 atom stereocenters. The number of ether oxygens (including phenoxy) is 1. The van der Waals surface area contributed by atoms with E-state index in [1.165, 1.54) is 43.3 Å². The average molecular weight is 408 g/mol. The number of hydrogen-bond donors (Lipinski definition) is 2. The van der Waals surface area contributed by atoms with E-state index in [4.69, 9.17) is 4.74 Å². The maximum Gasteiger partial charge on any atom is 0.339 e. The van der Waals surface area contributed by atoms with Gasteiger partial charge in [-0.25, -0.2) is 22.3 Å². The van der Waals surface area contributed by atoms with E-state index in [9.17, 15) is 22.4 Å². The van der Waals surface area contributed by atoms with E-state index in [-0.39, 0.29) is 22.7 Å². The molecule has 0 aliphatic carbocycles. The van der Waals surface area contributed by atoms with E-state index >= 15 is 0 Å². The van der Waals surface area contributed by atoms with E-state index in [2.05, 4.69) is 10.0 Å². The smallest absolute Gasteiger partial charge is 0.339 e. The second kappa shape index (κ2) is 8.94. The van der Waals surface area contributed by atoms with Crippen LogP contribution in [0.3, 0.4) is 0 Å². The Morgan fingerprint density at radius 1 is 1.18 bits per heavy atom. The van der Waals surface area contributed by atoms with Gasteiger partial charge in [-0.3, -0.25) is 4.79 Å². The minimum absolute atomic E-state index is 0.0318. The molecule has 2 rings (SSSR count). The fourth-order valence-corrected chi connectivity index (χ4v) is 3.42. The summed E-state index contributed by atoms with van der Waals surface area (Å²) in [5.41, 5.74) is 0.755. The predicted molar refractivity (Wildman–Crippen MR) is 102 cm³/mol. The monoisotopic (exact) mass is 408 g/mol. The molecule has 150 valence electrons. The molecule has 2 N–H and O–H groups in total. The molecule has 0 radical (unpaired) electrons. The van der Waals surface area contributed by atoms with Gasteiger partial charge in [-0.1, -0.05) is 19.1 Å². The molecule has 0 aliphatic heterocycles. The van der Waals surface area contributed by atoms with Crippen LogP contribution in [-0.4, -0.2) is 32.9 Å². The number of sulfonamides is 1. The van der Waals surface area contributed by atoms with Crippen LogP contribution in [0.4, 0.5) is 10.1 Å². The minimum Gasteiger partial charge on any atom is -0.449 e. The summed E-state index contributed by atoms with van der Waals surface area (Å²) >= 11 is 0. The Balaban J connectivity index is 2.14. The van der Waals surface area contributed by atoms with E-state index in [0.29, 0.717) is 5.56 Å². The number of benzene rings is 2. The fourth-order valence-electron chi connectivity index (χ4n) is 2.35. The molecule has 0 heterocycles. The highest BCUT2D eigenvalue weighted by Crippen LogP contribution is 2.18. The number of hydrogen-bond acceptors (Lipinski definition) is 5. The Bertz CT molecular complexity index is 992. The molecule has 0 aromatic heterocycles. The molecule has 2 aromatic rings. The van der Waals surface area contributed by atoms with E-state index in [1.807, 2.05) is 0 Å². The molecule has 7 nitrogen and oxygen atoms in total. The Morgan fingerprint density at radius 3 is 2.54 bits per heavy atom. The highest BCUT2D eigenvalue weighted by atomic mass is 32.2. The molecule has 0 fully saturated rings. The topological polar surface area (TPSA) is 102 Å². The van der Waals surface area contributed by atoms with Crippen molar-refractivity contribution in [2.24, 2.45) is 0 Å². The lowest BCUT2D eigenvalue weighted by Crippen LogP contribution is -2.30. The second-order valence-corrected chi connectivity index (χ2v) is 7.79. The van der Waals surface area contributed by atoms with Gasteiger partial charge in [0.05, 0.1) is 10.5 Å². The summed E-state index contributed by atoms with van der Waals surface area (Å²) in [5.74, 6) is -2.00. The van der Waals surface area contributed by atoms with Gasteiger partial charge in [0, 0.05) is 12.2 Å². The average Bonchev–Trinajstić information content (AvgIpc) is 2.61. The summed E-state index contributed by atoms with van der Waals surface area (Å²) in [4.78, 5) is 24.5. The molecule has 9 heteroatoms. The van der Waals surface area contributed by atoms with Gasteiger partial charge in [-0.2, -0.15) is 0 Å². The van der Waals surface area contributed by atoms with Crippen LogP contribution in [0.25, 0.3) is 0 Å². The number of halogens is 1. The summed E-state index contributed by atoms with van der Waals surface area (Å²) in [6, 6.07) is 9.35. The van der Waals surface area contributed by atoms with Gasteiger partial charge >= 0.3 is 5.97 Å². The number of esters is 1. The summed E-state index contributed by atoms with van der Waals surface area (Å²) in [7, 11) is -3.75. The van der Waals surface area contributed by atoms with Gasteiger partial charge in [0.2, 0.25) is 10.0 Å². The van der Waals surface area contributed by atoms with Gasteiger partial charge in [0.1, 0.15) is 5.82 Å².